The Morgan fingerprint density at radius 3 is 2.57 bits per heavy atom. The summed E-state index contributed by atoms with van der Waals surface area (Å²) in [6.07, 6.45) is 0. The third-order valence-corrected chi connectivity index (χ3v) is 6.12. The van der Waals surface area contributed by atoms with Gasteiger partial charge in [-0.2, -0.15) is 8.78 Å². The van der Waals surface area contributed by atoms with E-state index < -0.39 is 15.8 Å². The van der Waals surface area contributed by atoms with Gasteiger partial charge < -0.3 is 5.11 Å². The lowest BCUT2D eigenvalue weighted by Crippen LogP contribution is -2.12. The summed E-state index contributed by atoms with van der Waals surface area (Å²) < 4.78 is 51.6. The molecule has 2 aromatic rings. The van der Waals surface area contributed by atoms with Gasteiger partial charge in [-0.25, -0.2) is 8.42 Å². The average molecular weight is 351 g/mol. The molecule has 1 aromatic heterocycles. The van der Waals surface area contributed by atoms with E-state index in [1.54, 1.807) is 12.1 Å². The van der Waals surface area contributed by atoms with E-state index >= 15 is 0 Å². The number of hydrogen-bond acceptors (Lipinski definition) is 5. The van der Waals surface area contributed by atoms with Crippen LogP contribution < -0.4 is 4.72 Å². The van der Waals surface area contributed by atoms with Crippen LogP contribution in [0.15, 0.2) is 45.5 Å². The van der Waals surface area contributed by atoms with Crippen LogP contribution >= 0.6 is 23.1 Å². The lowest BCUT2D eigenvalue weighted by atomic mass is 10.3. The van der Waals surface area contributed by atoms with Crippen LogP contribution in [0.2, 0.25) is 0 Å². The molecule has 0 saturated carbocycles. The number of rotatable bonds is 6. The van der Waals surface area contributed by atoms with Gasteiger partial charge >= 0.3 is 0 Å². The number of benzene rings is 1. The van der Waals surface area contributed by atoms with Crippen molar-refractivity contribution >= 4 is 38.8 Å². The summed E-state index contributed by atoms with van der Waals surface area (Å²) in [6.45, 7) is -0.252. The molecule has 0 aliphatic carbocycles. The smallest absolute Gasteiger partial charge is 0.288 e. The Morgan fingerprint density at radius 1 is 1.24 bits per heavy atom. The van der Waals surface area contributed by atoms with Gasteiger partial charge in [0.2, 0.25) is 0 Å². The summed E-state index contributed by atoms with van der Waals surface area (Å²) in [5, 5.41) is 8.96. The van der Waals surface area contributed by atoms with Crippen LogP contribution in [0.4, 0.5) is 14.5 Å². The first-order valence-corrected chi connectivity index (χ1v) is 8.86. The number of aliphatic hydroxyl groups excluding tert-OH is 1. The Balaban J connectivity index is 2.28. The van der Waals surface area contributed by atoms with Crippen molar-refractivity contribution in [3.63, 3.8) is 0 Å². The molecule has 2 N–H and O–H groups in total. The highest BCUT2D eigenvalue weighted by molar-refractivity contribution is 8.00. The van der Waals surface area contributed by atoms with Crippen LogP contribution in [-0.2, 0) is 16.6 Å². The van der Waals surface area contributed by atoms with Gasteiger partial charge in [-0.15, -0.1) is 11.3 Å². The fourth-order valence-corrected chi connectivity index (χ4v) is 4.49. The highest BCUT2D eigenvalue weighted by Gasteiger charge is 2.19. The molecule has 0 aliphatic rings. The summed E-state index contributed by atoms with van der Waals surface area (Å²) in [4.78, 5) is 0.653. The maximum atomic E-state index is 12.5. The molecule has 0 saturated heterocycles. The second-order valence-corrected chi connectivity index (χ2v) is 7.97. The van der Waals surface area contributed by atoms with Crippen molar-refractivity contribution in [2.75, 3.05) is 4.72 Å². The van der Waals surface area contributed by atoms with Crippen molar-refractivity contribution in [3.8, 4) is 0 Å². The fourth-order valence-electron chi connectivity index (χ4n) is 1.53. The number of nitrogens with one attached hydrogen (secondary N) is 1. The van der Waals surface area contributed by atoms with E-state index in [0.717, 1.165) is 11.3 Å². The Bertz CT molecular complexity index is 716. The minimum atomic E-state index is -3.86. The van der Waals surface area contributed by atoms with E-state index in [2.05, 4.69) is 4.72 Å². The number of para-hydroxylation sites is 1. The third kappa shape index (κ3) is 4.16. The van der Waals surface area contributed by atoms with Crippen molar-refractivity contribution in [2.45, 2.75) is 21.5 Å². The van der Waals surface area contributed by atoms with Crippen molar-refractivity contribution < 1.29 is 22.3 Å². The van der Waals surface area contributed by atoms with E-state index in [4.69, 9.17) is 5.11 Å². The molecule has 0 aliphatic heterocycles. The van der Waals surface area contributed by atoms with E-state index in [-0.39, 0.29) is 33.2 Å². The van der Waals surface area contributed by atoms with Gasteiger partial charge in [-0.3, -0.25) is 4.72 Å². The monoisotopic (exact) mass is 351 g/mol. The maximum absolute atomic E-state index is 12.5. The summed E-state index contributed by atoms with van der Waals surface area (Å²) in [5.41, 5.74) is 0.0988. The topological polar surface area (TPSA) is 66.4 Å². The molecular weight excluding hydrogens is 340 g/mol. The van der Waals surface area contributed by atoms with E-state index in [0.29, 0.717) is 4.88 Å². The van der Waals surface area contributed by atoms with Gasteiger partial charge in [0, 0.05) is 9.77 Å². The van der Waals surface area contributed by atoms with Crippen LogP contribution in [0.3, 0.4) is 0 Å². The fraction of sp³-hybridized carbons (Fsp3) is 0.167. The van der Waals surface area contributed by atoms with Crippen LogP contribution in [0.1, 0.15) is 4.88 Å². The van der Waals surface area contributed by atoms with Crippen LogP contribution in [0.5, 0.6) is 0 Å². The summed E-state index contributed by atoms with van der Waals surface area (Å²) in [5.74, 6) is -2.64. The molecule has 0 fully saturated rings. The standard InChI is InChI=1S/C12H11F2NO3S3/c13-12(14)20-10-4-2-1-3-9(10)15-21(17,18)11-6-5-8(7-16)19-11/h1-6,12,15-16H,7H2. The molecule has 21 heavy (non-hydrogen) atoms. The Kier molecular flexibility index (Phi) is 5.20. The Labute approximate surface area is 128 Å². The van der Waals surface area contributed by atoms with Gasteiger partial charge in [0.25, 0.3) is 15.8 Å². The Hall–Kier alpha value is -1.16. The molecule has 1 aromatic carbocycles. The van der Waals surface area contributed by atoms with Gasteiger partial charge in [0.1, 0.15) is 4.21 Å². The lowest BCUT2D eigenvalue weighted by Gasteiger charge is -2.10. The molecule has 0 spiro atoms. The number of anilines is 1. The molecule has 0 unspecified atom stereocenters. The summed E-state index contributed by atoms with van der Waals surface area (Å²) >= 11 is 1.20. The van der Waals surface area contributed by atoms with E-state index in [9.17, 15) is 17.2 Å². The number of sulfonamides is 1. The molecule has 4 nitrogen and oxygen atoms in total. The molecule has 2 rings (SSSR count). The normalized spacial score (nSPS) is 11.8. The first kappa shape index (κ1) is 16.2. The molecule has 0 radical (unpaired) electrons. The van der Waals surface area contributed by atoms with E-state index in [1.807, 2.05) is 0 Å². The van der Waals surface area contributed by atoms with Crippen molar-refractivity contribution in [3.05, 3.63) is 41.3 Å². The molecule has 0 bridgehead atoms. The number of hydrogen-bond donors (Lipinski definition) is 2. The number of halogens is 2. The number of thiophene rings is 1. The second-order valence-electron chi connectivity index (χ2n) is 3.86. The predicted molar refractivity (Wildman–Crippen MR) is 79.4 cm³/mol. The number of thioether (sulfide) groups is 1. The molecule has 9 heteroatoms. The van der Waals surface area contributed by atoms with Crippen molar-refractivity contribution in [1.82, 2.24) is 0 Å². The number of aliphatic hydroxyl groups is 1. The molecule has 1 heterocycles. The van der Waals surface area contributed by atoms with Crippen molar-refractivity contribution in [2.24, 2.45) is 0 Å². The Morgan fingerprint density at radius 2 is 1.95 bits per heavy atom. The minimum Gasteiger partial charge on any atom is -0.391 e. The van der Waals surface area contributed by atoms with Gasteiger partial charge in [0.05, 0.1) is 12.3 Å². The quantitative estimate of drug-likeness (QED) is 0.783. The largest absolute Gasteiger partial charge is 0.391 e. The summed E-state index contributed by atoms with van der Waals surface area (Å²) in [6, 6.07) is 8.81. The molecule has 114 valence electrons. The van der Waals surface area contributed by atoms with Crippen LogP contribution in [-0.4, -0.2) is 19.3 Å². The zero-order valence-electron chi connectivity index (χ0n) is 10.5. The molecule has 0 amide bonds. The third-order valence-electron chi connectivity index (χ3n) is 2.41. The van der Waals surface area contributed by atoms with Crippen LogP contribution in [0, 0.1) is 0 Å². The zero-order valence-corrected chi connectivity index (χ0v) is 12.9. The highest BCUT2D eigenvalue weighted by Crippen LogP contribution is 2.33. The van der Waals surface area contributed by atoms with Gasteiger partial charge in [0.15, 0.2) is 0 Å². The SMILES string of the molecule is O=S(=O)(Nc1ccccc1SC(F)F)c1ccc(CO)s1. The first-order valence-electron chi connectivity index (χ1n) is 5.68. The molecule has 0 atom stereocenters. The predicted octanol–water partition coefficient (Wildman–Crippen LogP) is 3.36. The highest BCUT2D eigenvalue weighted by atomic mass is 32.2. The zero-order chi connectivity index (χ0) is 15.5. The lowest BCUT2D eigenvalue weighted by molar-refractivity contribution is 0.252. The van der Waals surface area contributed by atoms with Gasteiger partial charge in [-0.1, -0.05) is 23.9 Å². The summed E-state index contributed by atoms with van der Waals surface area (Å²) in [7, 11) is -3.86. The van der Waals surface area contributed by atoms with Gasteiger partial charge in [-0.05, 0) is 24.3 Å². The maximum Gasteiger partial charge on any atom is 0.288 e. The van der Waals surface area contributed by atoms with Crippen molar-refractivity contribution in [1.29, 1.82) is 0 Å². The first-order chi connectivity index (χ1) is 9.92. The number of alkyl halides is 2. The molecular formula is C12H11F2NO3S3. The van der Waals surface area contributed by atoms with E-state index in [1.165, 1.54) is 24.3 Å². The minimum absolute atomic E-state index is 0.0170. The average Bonchev–Trinajstić information content (AvgIpc) is 2.90. The second kappa shape index (κ2) is 6.73. The van der Waals surface area contributed by atoms with Crippen LogP contribution in [0.25, 0.3) is 0 Å².